The Hall–Kier alpha value is -0.790. The van der Waals surface area contributed by atoms with E-state index in [9.17, 15) is 4.79 Å². The van der Waals surface area contributed by atoms with Gasteiger partial charge in [0.15, 0.2) is 0 Å². The van der Waals surface area contributed by atoms with Gasteiger partial charge in [0.25, 0.3) is 0 Å². The molecule has 2 nitrogen and oxygen atoms in total. The molecule has 0 aromatic carbocycles. The lowest BCUT2D eigenvalue weighted by Gasteiger charge is -2.05. The van der Waals surface area contributed by atoms with E-state index in [1.165, 1.54) is 70.6 Å². The lowest BCUT2D eigenvalue weighted by atomic mass is 10.1. The molecule has 2 heteroatoms. The summed E-state index contributed by atoms with van der Waals surface area (Å²) in [4.78, 5) is 11.8. The van der Waals surface area contributed by atoms with Gasteiger partial charge in [-0.15, -0.1) is 0 Å². The molecule has 0 saturated carbocycles. The number of esters is 1. The Bertz CT molecular complexity index is 281. The van der Waals surface area contributed by atoms with Gasteiger partial charge >= 0.3 is 5.97 Å². The highest BCUT2D eigenvalue weighted by atomic mass is 16.5. The van der Waals surface area contributed by atoms with Crippen molar-refractivity contribution in [3.8, 4) is 0 Å². The number of carbonyl (C=O) groups excluding carboxylic acids is 1. The van der Waals surface area contributed by atoms with Crippen molar-refractivity contribution in [2.75, 3.05) is 6.61 Å². The summed E-state index contributed by atoms with van der Waals surface area (Å²) in [6, 6.07) is 0. The first-order valence-electron chi connectivity index (χ1n) is 9.56. The summed E-state index contributed by atoms with van der Waals surface area (Å²) in [5.41, 5.74) is 0.774. The summed E-state index contributed by atoms with van der Waals surface area (Å²) in [5.74, 6) is -0.126. The quantitative estimate of drug-likeness (QED) is 0.194. The van der Waals surface area contributed by atoms with Crippen LogP contribution in [0.3, 0.4) is 0 Å². The molecular formula is C20H38O2. The lowest BCUT2D eigenvalue weighted by Crippen LogP contribution is -2.07. The molecule has 0 radical (unpaired) electrons. The van der Waals surface area contributed by atoms with Crippen LogP contribution in [0.2, 0.25) is 0 Å². The smallest absolute Gasteiger partial charge is 0.333 e. The molecule has 0 aromatic rings. The molecule has 0 saturated heterocycles. The van der Waals surface area contributed by atoms with Gasteiger partial charge in [0.05, 0.1) is 6.61 Å². The van der Waals surface area contributed by atoms with Crippen molar-refractivity contribution in [2.24, 2.45) is 0 Å². The van der Waals surface area contributed by atoms with Crippen LogP contribution in [0.25, 0.3) is 0 Å². The maximum atomic E-state index is 11.8. The molecule has 0 fully saturated rings. The highest BCUT2D eigenvalue weighted by Gasteiger charge is 2.04. The van der Waals surface area contributed by atoms with Crippen LogP contribution in [-0.2, 0) is 9.53 Å². The van der Waals surface area contributed by atoms with E-state index in [1.54, 1.807) is 0 Å². The zero-order valence-corrected chi connectivity index (χ0v) is 15.3. The minimum Gasteiger partial charge on any atom is -0.462 e. The fourth-order valence-electron chi connectivity index (χ4n) is 2.49. The van der Waals surface area contributed by atoms with Crippen molar-refractivity contribution < 1.29 is 9.53 Å². The first kappa shape index (κ1) is 21.2. The molecule has 130 valence electrons. The normalized spacial score (nSPS) is 11.7. The highest BCUT2D eigenvalue weighted by Crippen LogP contribution is 2.09. The second-order valence-electron chi connectivity index (χ2n) is 6.35. The van der Waals surface area contributed by atoms with Crippen LogP contribution in [-0.4, -0.2) is 12.6 Å². The SMILES string of the molecule is CCCCCCC=C(C)C(=O)OCCCCCCCCCC. The molecule has 0 unspecified atom stereocenters. The largest absolute Gasteiger partial charge is 0.462 e. The van der Waals surface area contributed by atoms with Crippen LogP contribution in [0.4, 0.5) is 0 Å². The Balaban J connectivity index is 3.45. The second-order valence-corrected chi connectivity index (χ2v) is 6.35. The number of allylic oxidation sites excluding steroid dienone is 1. The van der Waals surface area contributed by atoms with E-state index in [0.717, 1.165) is 18.4 Å². The predicted molar refractivity (Wildman–Crippen MR) is 96.1 cm³/mol. The van der Waals surface area contributed by atoms with Crippen molar-refractivity contribution in [3.63, 3.8) is 0 Å². The van der Waals surface area contributed by atoms with Crippen molar-refractivity contribution in [2.45, 2.75) is 104 Å². The first-order chi connectivity index (χ1) is 10.7. The Kier molecular flexibility index (Phi) is 16.0. The number of hydrogen-bond acceptors (Lipinski definition) is 2. The van der Waals surface area contributed by atoms with E-state index in [4.69, 9.17) is 4.74 Å². The zero-order chi connectivity index (χ0) is 16.5. The number of carbonyl (C=O) groups is 1. The van der Waals surface area contributed by atoms with Gasteiger partial charge in [0.2, 0.25) is 0 Å². The molecule has 0 aromatic heterocycles. The summed E-state index contributed by atoms with van der Waals surface area (Å²) in [6.07, 6.45) is 18.2. The highest BCUT2D eigenvalue weighted by molar-refractivity contribution is 5.87. The maximum absolute atomic E-state index is 11.8. The first-order valence-corrected chi connectivity index (χ1v) is 9.56. The summed E-state index contributed by atoms with van der Waals surface area (Å²) < 4.78 is 5.32. The molecule has 0 N–H and O–H groups in total. The summed E-state index contributed by atoms with van der Waals surface area (Å²) in [6.45, 7) is 6.91. The number of rotatable bonds is 15. The van der Waals surface area contributed by atoms with Crippen LogP contribution in [0.15, 0.2) is 11.6 Å². The van der Waals surface area contributed by atoms with Gasteiger partial charge in [-0.1, -0.05) is 84.1 Å². The molecular weight excluding hydrogens is 272 g/mol. The summed E-state index contributed by atoms with van der Waals surface area (Å²) in [7, 11) is 0. The van der Waals surface area contributed by atoms with Crippen LogP contribution < -0.4 is 0 Å². The minimum absolute atomic E-state index is 0.126. The Labute approximate surface area is 138 Å². The molecule has 0 bridgehead atoms. The van der Waals surface area contributed by atoms with Gasteiger partial charge in [0, 0.05) is 5.57 Å². The molecule has 0 heterocycles. The van der Waals surface area contributed by atoms with Gasteiger partial charge in [-0.2, -0.15) is 0 Å². The molecule has 22 heavy (non-hydrogen) atoms. The molecule has 0 rings (SSSR count). The second kappa shape index (κ2) is 16.6. The fourth-order valence-corrected chi connectivity index (χ4v) is 2.49. The van der Waals surface area contributed by atoms with Crippen molar-refractivity contribution >= 4 is 5.97 Å². The molecule has 0 amide bonds. The van der Waals surface area contributed by atoms with E-state index in [2.05, 4.69) is 13.8 Å². The van der Waals surface area contributed by atoms with Crippen molar-refractivity contribution in [1.29, 1.82) is 0 Å². The Morgan fingerprint density at radius 1 is 0.773 bits per heavy atom. The summed E-state index contributed by atoms with van der Waals surface area (Å²) in [5, 5.41) is 0. The van der Waals surface area contributed by atoms with E-state index in [-0.39, 0.29) is 5.97 Å². The van der Waals surface area contributed by atoms with Crippen molar-refractivity contribution in [3.05, 3.63) is 11.6 Å². The maximum Gasteiger partial charge on any atom is 0.333 e. The van der Waals surface area contributed by atoms with E-state index in [0.29, 0.717) is 6.61 Å². The third kappa shape index (κ3) is 14.2. The monoisotopic (exact) mass is 310 g/mol. The van der Waals surface area contributed by atoms with Gasteiger partial charge in [-0.3, -0.25) is 0 Å². The molecule has 0 spiro atoms. The average molecular weight is 311 g/mol. The third-order valence-corrected chi connectivity index (χ3v) is 4.06. The molecule has 0 aliphatic rings. The van der Waals surface area contributed by atoms with Crippen LogP contribution in [0.5, 0.6) is 0 Å². The van der Waals surface area contributed by atoms with E-state index in [1.807, 2.05) is 13.0 Å². The predicted octanol–water partition coefficient (Wildman–Crippen LogP) is 6.59. The number of ether oxygens (including phenoxy) is 1. The fraction of sp³-hybridized carbons (Fsp3) is 0.850. The van der Waals surface area contributed by atoms with Crippen LogP contribution in [0.1, 0.15) is 104 Å². The molecule has 0 aliphatic carbocycles. The molecule has 0 atom stereocenters. The van der Waals surface area contributed by atoms with Gasteiger partial charge < -0.3 is 4.74 Å². The van der Waals surface area contributed by atoms with Gasteiger partial charge in [-0.25, -0.2) is 4.79 Å². The number of hydrogen-bond donors (Lipinski definition) is 0. The average Bonchev–Trinajstić information content (AvgIpc) is 2.52. The van der Waals surface area contributed by atoms with Crippen LogP contribution >= 0.6 is 0 Å². The van der Waals surface area contributed by atoms with E-state index < -0.39 is 0 Å². The van der Waals surface area contributed by atoms with Gasteiger partial charge in [-0.05, 0) is 26.2 Å². The standard InChI is InChI=1S/C20H38O2/c1-4-6-8-10-11-12-14-16-18-22-20(21)19(3)17-15-13-9-7-5-2/h17H,4-16,18H2,1-3H3. The van der Waals surface area contributed by atoms with Crippen molar-refractivity contribution in [1.82, 2.24) is 0 Å². The minimum atomic E-state index is -0.126. The third-order valence-electron chi connectivity index (χ3n) is 4.06. The number of unbranched alkanes of at least 4 members (excludes halogenated alkanes) is 11. The Morgan fingerprint density at radius 2 is 1.27 bits per heavy atom. The van der Waals surface area contributed by atoms with Gasteiger partial charge in [0.1, 0.15) is 0 Å². The van der Waals surface area contributed by atoms with Crippen LogP contribution in [0, 0.1) is 0 Å². The molecule has 0 aliphatic heterocycles. The summed E-state index contributed by atoms with van der Waals surface area (Å²) >= 11 is 0. The van der Waals surface area contributed by atoms with E-state index >= 15 is 0 Å². The lowest BCUT2D eigenvalue weighted by molar-refractivity contribution is -0.139. The zero-order valence-electron chi connectivity index (χ0n) is 15.3. The Morgan fingerprint density at radius 3 is 1.86 bits per heavy atom. The topological polar surface area (TPSA) is 26.3 Å².